The summed E-state index contributed by atoms with van der Waals surface area (Å²) < 4.78 is 26.4. The monoisotopic (exact) mass is 355 g/mol. The average Bonchev–Trinajstić information content (AvgIpc) is 2.64. The summed E-state index contributed by atoms with van der Waals surface area (Å²) in [6.45, 7) is 0. The largest absolute Gasteiger partial charge is 0.325 e. The van der Waals surface area contributed by atoms with Crippen LogP contribution < -0.4 is 5.32 Å². The fourth-order valence-electron chi connectivity index (χ4n) is 2.32. The van der Waals surface area contributed by atoms with E-state index in [-0.39, 0.29) is 11.6 Å². The fourth-order valence-corrected chi connectivity index (χ4v) is 3.36. The van der Waals surface area contributed by atoms with Crippen LogP contribution in [0.25, 0.3) is 0 Å². The lowest BCUT2D eigenvalue weighted by Crippen LogP contribution is -2.19. The van der Waals surface area contributed by atoms with Gasteiger partial charge in [-0.2, -0.15) is 0 Å². The zero-order chi connectivity index (χ0) is 17.6. The SMILES string of the molecule is O=C(Nc1ccc(F)c(F)c1)C(Sc1ccccc1)c1ccccc1. The van der Waals surface area contributed by atoms with Gasteiger partial charge in [-0.1, -0.05) is 48.5 Å². The van der Waals surface area contributed by atoms with E-state index in [1.165, 1.54) is 17.8 Å². The highest BCUT2D eigenvalue weighted by atomic mass is 32.2. The van der Waals surface area contributed by atoms with Crippen LogP contribution in [0.1, 0.15) is 10.8 Å². The minimum Gasteiger partial charge on any atom is -0.325 e. The molecule has 0 radical (unpaired) electrons. The number of hydrogen-bond donors (Lipinski definition) is 1. The number of hydrogen-bond acceptors (Lipinski definition) is 2. The van der Waals surface area contributed by atoms with Crippen molar-refractivity contribution in [2.45, 2.75) is 10.1 Å². The lowest BCUT2D eigenvalue weighted by atomic mass is 10.1. The summed E-state index contributed by atoms with van der Waals surface area (Å²) in [6, 6.07) is 22.2. The number of amides is 1. The van der Waals surface area contributed by atoms with Gasteiger partial charge < -0.3 is 5.32 Å². The Morgan fingerprint density at radius 2 is 1.48 bits per heavy atom. The molecule has 1 unspecified atom stereocenters. The van der Waals surface area contributed by atoms with E-state index in [0.29, 0.717) is 0 Å². The molecule has 3 rings (SSSR count). The van der Waals surface area contributed by atoms with Crippen LogP contribution in [-0.2, 0) is 4.79 Å². The lowest BCUT2D eigenvalue weighted by Gasteiger charge is -2.17. The second-order valence-corrected chi connectivity index (χ2v) is 6.52. The predicted molar refractivity (Wildman–Crippen MR) is 96.5 cm³/mol. The van der Waals surface area contributed by atoms with Gasteiger partial charge in [0.1, 0.15) is 5.25 Å². The lowest BCUT2D eigenvalue weighted by molar-refractivity contribution is -0.115. The van der Waals surface area contributed by atoms with Gasteiger partial charge in [0, 0.05) is 16.6 Å². The van der Waals surface area contributed by atoms with Crippen LogP contribution in [0.5, 0.6) is 0 Å². The Balaban J connectivity index is 1.85. The number of benzene rings is 3. The standard InChI is InChI=1S/C20H15F2NOS/c21-17-12-11-15(13-18(17)22)23-20(24)19(14-7-3-1-4-8-14)25-16-9-5-2-6-10-16/h1-13,19H,(H,23,24). The summed E-state index contributed by atoms with van der Waals surface area (Å²) in [7, 11) is 0. The van der Waals surface area contributed by atoms with Gasteiger partial charge in [-0.25, -0.2) is 8.78 Å². The number of nitrogens with one attached hydrogen (secondary N) is 1. The first kappa shape index (κ1) is 17.2. The maximum Gasteiger partial charge on any atom is 0.242 e. The summed E-state index contributed by atoms with van der Waals surface area (Å²) in [5.74, 6) is -2.24. The molecule has 0 fully saturated rings. The zero-order valence-corrected chi connectivity index (χ0v) is 14.0. The minimum atomic E-state index is -0.996. The normalized spacial score (nSPS) is 11.8. The van der Waals surface area contributed by atoms with E-state index in [1.54, 1.807) is 0 Å². The first-order valence-corrected chi connectivity index (χ1v) is 8.54. The van der Waals surface area contributed by atoms with E-state index in [2.05, 4.69) is 5.32 Å². The molecule has 0 aromatic heterocycles. The summed E-state index contributed by atoms with van der Waals surface area (Å²) >= 11 is 1.40. The number of carbonyl (C=O) groups excluding carboxylic acids is 1. The molecule has 1 atom stereocenters. The summed E-state index contributed by atoms with van der Waals surface area (Å²) in [6.07, 6.45) is 0. The van der Waals surface area contributed by atoms with Crippen molar-refractivity contribution in [2.75, 3.05) is 5.32 Å². The smallest absolute Gasteiger partial charge is 0.242 e. The Morgan fingerprint density at radius 1 is 0.840 bits per heavy atom. The first-order chi connectivity index (χ1) is 12.1. The van der Waals surface area contributed by atoms with Crippen molar-refractivity contribution < 1.29 is 13.6 Å². The first-order valence-electron chi connectivity index (χ1n) is 7.66. The van der Waals surface area contributed by atoms with Crippen molar-refractivity contribution in [3.63, 3.8) is 0 Å². The van der Waals surface area contributed by atoms with Crippen molar-refractivity contribution in [1.82, 2.24) is 0 Å². The Morgan fingerprint density at radius 3 is 2.12 bits per heavy atom. The fraction of sp³-hybridized carbons (Fsp3) is 0.0500. The van der Waals surface area contributed by atoms with Crippen molar-refractivity contribution in [3.05, 3.63) is 96.1 Å². The van der Waals surface area contributed by atoms with E-state index < -0.39 is 16.9 Å². The third kappa shape index (κ3) is 4.45. The number of rotatable bonds is 5. The van der Waals surface area contributed by atoms with Crippen molar-refractivity contribution in [3.8, 4) is 0 Å². The zero-order valence-electron chi connectivity index (χ0n) is 13.2. The number of thioether (sulfide) groups is 1. The number of halogens is 2. The van der Waals surface area contributed by atoms with Crippen LogP contribution in [0, 0.1) is 11.6 Å². The molecule has 1 amide bonds. The maximum absolute atomic E-state index is 13.4. The highest BCUT2D eigenvalue weighted by Gasteiger charge is 2.22. The molecule has 3 aromatic carbocycles. The molecule has 126 valence electrons. The van der Waals surface area contributed by atoms with Gasteiger partial charge in [0.2, 0.25) is 5.91 Å². The van der Waals surface area contributed by atoms with Crippen LogP contribution in [-0.4, -0.2) is 5.91 Å². The second-order valence-electron chi connectivity index (χ2n) is 5.34. The van der Waals surface area contributed by atoms with Crippen molar-refractivity contribution >= 4 is 23.4 Å². The molecule has 0 aliphatic rings. The summed E-state index contributed by atoms with van der Waals surface area (Å²) in [5.41, 5.74) is 1.05. The average molecular weight is 355 g/mol. The van der Waals surface area contributed by atoms with Gasteiger partial charge in [-0.3, -0.25) is 4.79 Å². The topological polar surface area (TPSA) is 29.1 Å². The molecule has 0 aliphatic carbocycles. The van der Waals surface area contributed by atoms with Crippen LogP contribution in [0.4, 0.5) is 14.5 Å². The molecular weight excluding hydrogens is 340 g/mol. The molecule has 0 bridgehead atoms. The van der Waals surface area contributed by atoms with Gasteiger partial charge in [0.25, 0.3) is 0 Å². The molecule has 5 heteroatoms. The molecule has 3 aromatic rings. The van der Waals surface area contributed by atoms with Crippen molar-refractivity contribution in [1.29, 1.82) is 0 Å². The maximum atomic E-state index is 13.4. The van der Waals surface area contributed by atoms with Crippen molar-refractivity contribution in [2.24, 2.45) is 0 Å². The molecule has 0 heterocycles. The third-order valence-electron chi connectivity index (χ3n) is 3.52. The predicted octanol–water partition coefficient (Wildman–Crippen LogP) is 5.44. The van der Waals surface area contributed by atoms with Crippen LogP contribution in [0.2, 0.25) is 0 Å². The molecule has 0 saturated carbocycles. The quantitative estimate of drug-likeness (QED) is 0.618. The Hall–Kier alpha value is -2.66. The Labute approximate surface area is 148 Å². The van der Waals surface area contributed by atoms with Crippen LogP contribution in [0.15, 0.2) is 83.8 Å². The van der Waals surface area contributed by atoms with Crippen LogP contribution in [0.3, 0.4) is 0 Å². The van der Waals surface area contributed by atoms with Gasteiger partial charge in [-0.15, -0.1) is 11.8 Å². The summed E-state index contributed by atoms with van der Waals surface area (Å²) in [5, 5.41) is 2.15. The molecule has 2 nitrogen and oxygen atoms in total. The van der Waals surface area contributed by atoms with E-state index >= 15 is 0 Å². The molecule has 25 heavy (non-hydrogen) atoms. The van der Waals surface area contributed by atoms with E-state index in [0.717, 1.165) is 22.6 Å². The van der Waals surface area contributed by atoms with E-state index in [9.17, 15) is 13.6 Å². The highest BCUT2D eigenvalue weighted by molar-refractivity contribution is 8.00. The van der Waals surface area contributed by atoms with E-state index in [1.807, 2.05) is 60.7 Å². The molecule has 0 aliphatic heterocycles. The van der Waals surface area contributed by atoms with Gasteiger partial charge in [0.05, 0.1) is 0 Å². The molecular formula is C20H15F2NOS. The molecule has 0 spiro atoms. The molecule has 1 N–H and O–H groups in total. The van der Waals surface area contributed by atoms with Gasteiger partial charge in [0.15, 0.2) is 11.6 Å². The Kier molecular flexibility index (Phi) is 5.46. The van der Waals surface area contributed by atoms with Crippen LogP contribution >= 0.6 is 11.8 Å². The highest BCUT2D eigenvalue weighted by Crippen LogP contribution is 2.36. The van der Waals surface area contributed by atoms with Gasteiger partial charge in [-0.05, 0) is 29.8 Å². The third-order valence-corrected chi connectivity index (χ3v) is 4.79. The second kappa shape index (κ2) is 7.94. The Bertz CT molecular complexity index is 856. The minimum absolute atomic E-state index is 0.221. The molecule has 0 saturated heterocycles. The van der Waals surface area contributed by atoms with E-state index in [4.69, 9.17) is 0 Å². The summed E-state index contributed by atoms with van der Waals surface area (Å²) in [4.78, 5) is 13.7. The number of carbonyl (C=O) groups is 1. The number of anilines is 1. The van der Waals surface area contributed by atoms with Gasteiger partial charge >= 0.3 is 0 Å².